The Balaban J connectivity index is 1.96. The molecule has 4 nitrogen and oxygen atoms in total. The molecule has 2 atom stereocenters. The van der Waals surface area contributed by atoms with E-state index in [0.717, 1.165) is 23.9 Å². The summed E-state index contributed by atoms with van der Waals surface area (Å²) in [6, 6.07) is 3.75. The lowest BCUT2D eigenvalue weighted by molar-refractivity contribution is 0.0435. The number of fused-ring (bicyclic) bond motifs is 1. The monoisotopic (exact) mass is 230 g/mol. The van der Waals surface area contributed by atoms with Crippen molar-refractivity contribution >= 4 is 16.8 Å². The normalized spacial score (nSPS) is 24.3. The number of ether oxygens (including phenoxy) is 1. The number of ketones is 1. The number of Topliss-reactive ketones (excluding diaryl/α,β-unsaturated/α-hetero) is 1. The van der Waals surface area contributed by atoms with Crippen molar-refractivity contribution in [2.24, 2.45) is 0 Å². The summed E-state index contributed by atoms with van der Waals surface area (Å²) in [6.45, 7) is 2.00. The zero-order chi connectivity index (χ0) is 11.8. The lowest BCUT2D eigenvalue weighted by atomic mass is 10.0. The smallest absolute Gasteiger partial charge is 0.193 e. The quantitative estimate of drug-likeness (QED) is 0.805. The first-order valence-corrected chi connectivity index (χ1v) is 5.87. The maximum atomic E-state index is 12.3. The minimum atomic E-state index is -0.288. The number of aromatic amines is 1. The summed E-state index contributed by atoms with van der Waals surface area (Å²) in [4.78, 5) is 19.5. The van der Waals surface area contributed by atoms with Crippen LogP contribution in [0.1, 0.15) is 30.1 Å². The molecular weight excluding hydrogens is 216 g/mol. The first-order chi connectivity index (χ1) is 8.25. The van der Waals surface area contributed by atoms with Crippen molar-refractivity contribution in [3.05, 3.63) is 30.1 Å². The molecule has 2 unspecified atom stereocenters. The fourth-order valence-electron chi connectivity index (χ4n) is 2.33. The van der Waals surface area contributed by atoms with E-state index in [0.29, 0.717) is 5.56 Å². The maximum Gasteiger partial charge on any atom is 0.193 e. The molecule has 0 spiro atoms. The van der Waals surface area contributed by atoms with Gasteiger partial charge in [0.05, 0.1) is 6.10 Å². The van der Waals surface area contributed by atoms with Crippen LogP contribution < -0.4 is 0 Å². The molecule has 17 heavy (non-hydrogen) atoms. The van der Waals surface area contributed by atoms with Crippen molar-refractivity contribution < 1.29 is 9.53 Å². The van der Waals surface area contributed by atoms with E-state index in [9.17, 15) is 4.79 Å². The second-order valence-corrected chi connectivity index (χ2v) is 4.48. The molecule has 2 aromatic rings. The molecule has 0 aliphatic carbocycles. The molecule has 0 radical (unpaired) electrons. The highest BCUT2D eigenvalue weighted by Crippen LogP contribution is 2.25. The van der Waals surface area contributed by atoms with E-state index in [4.69, 9.17) is 4.74 Å². The largest absolute Gasteiger partial charge is 0.367 e. The number of carbonyl (C=O) groups excluding carboxylic acids is 1. The number of hydrogen-bond donors (Lipinski definition) is 1. The fourth-order valence-corrected chi connectivity index (χ4v) is 2.33. The molecule has 1 aliphatic rings. The Labute approximate surface area is 99.0 Å². The van der Waals surface area contributed by atoms with Gasteiger partial charge in [-0.25, -0.2) is 4.98 Å². The van der Waals surface area contributed by atoms with Gasteiger partial charge in [-0.05, 0) is 31.9 Å². The van der Waals surface area contributed by atoms with Gasteiger partial charge in [-0.3, -0.25) is 4.79 Å². The maximum absolute atomic E-state index is 12.3. The number of pyridine rings is 1. The molecule has 2 aromatic heterocycles. The van der Waals surface area contributed by atoms with E-state index in [2.05, 4.69) is 9.97 Å². The number of carbonyl (C=O) groups is 1. The highest BCUT2D eigenvalue weighted by atomic mass is 16.5. The lowest BCUT2D eigenvalue weighted by Gasteiger charge is -2.08. The van der Waals surface area contributed by atoms with Crippen molar-refractivity contribution in [1.29, 1.82) is 0 Å². The first-order valence-electron chi connectivity index (χ1n) is 5.87. The minimum Gasteiger partial charge on any atom is -0.367 e. The third-order valence-corrected chi connectivity index (χ3v) is 3.24. The van der Waals surface area contributed by atoms with E-state index in [1.807, 2.05) is 19.1 Å². The summed E-state index contributed by atoms with van der Waals surface area (Å²) in [6.07, 6.45) is 5.11. The van der Waals surface area contributed by atoms with Crippen LogP contribution in [0.3, 0.4) is 0 Å². The third-order valence-electron chi connectivity index (χ3n) is 3.24. The van der Waals surface area contributed by atoms with Crippen molar-refractivity contribution in [3.63, 3.8) is 0 Å². The summed E-state index contributed by atoms with van der Waals surface area (Å²) in [7, 11) is 0. The van der Waals surface area contributed by atoms with Gasteiger partial charge in [-0.2, -0.15) is 0 Å². The van der Waals surface area contributed by atoms with E-state index in [1.165, 1.54) is 0 Å². The highest BCUT2D eigenvalue weighted by Gasteiger charge is 2.30. The predicted molar refractivity (Wildman–Crippen MR) is 64.0 cm³/mol. The Hall–Kier alpha value is -1.68. The molecule has 0 saturated carbocycles. The molecule has 1 saturated heterocycles. The van der Waals surface area contributed by atoms with Gasteiger partial charge >= 0.3 is 0 Å². The third kappa shape index (κ3) is 1.74. The van der Waals surface area contributed by atoms with Crippen LogP contribution in [-0.4, -0.2) is 28.0 Å². The van der Waals surface area contributed by atoms with Crippen LogP contribution >= 0.6 is 0 Å². The van der Waals surface area contributed by atoms with Crippen LogP contribution in [-0.2, 0) is 4.74 Å². The summed E-state index contributed by atoms with van der Waals surface area (Å²) in [5.41, 5.74) is 1.44. The minimum absolute atomic E-state index is 0.0635. The zero-order valence-corrected chi connectivity index (χ0v) is 9.64. The standard InChI is InChI=1S/C13H14N2O2/c1-8-4-5-11(17-8)12(16)10-7-15-13-9(10)3-2-6-14-13/h2-3,6-8,11H,4-5H2,1H3,(H,14,15). The Bertz CT molecular complexity index is 561. The molecule has 0 aromatic carbocycles. The van der Waals surface area contributed by atoms with E-state index in [-0.39, 0.29) is 18.0 Å². The Kier molecular flexibility index (Phi) is 2.44. The summed E-state index contributed by atoms with van der Waals surface area (Å²) in [5, 5.41) is 0.876. The zero-order valence-electron chi connectivity index (χ0n) is 9.64. The van der Waals surface area contributed by atoms with Gasteiger partial charge in [0.15, 0.2) is 5.78 Å². The average molecular weight is 230 g/mol. The number of nitrogens with one attached hydrogen (secondary N) is 1. The molecule has 1 aliphatic heterocycles. The first kappa shape index (κ1) is 10.5. The average Bonchev–Trinajstić information content (AvgIpc) is 2.94. The molecule has 4 heteroatoms. The van der Waals surface area contributed by atoms with Gasteiger partial charge in [-0.1, -0.05) is 0 Å². The van der Waals surface area contributed by atoms with Gasteiger partial charge in [0.1, 0.15) is 11.8 Å². The van der Waals surface area contributed by atoms with E-state index in [1.54, 1.807) is 12.4 Å². The number of aromatic nitrogens is 2. The highest BCUT2D eigenvalue weighted by molar-refractivity contribution is 6.09. The summed E-state index contributed by atoms with van der Waals surface area (Å²) >= 11 is 0. The predicted octanol–water partition coefficient (Wildman–Crippen LogP) is 2.31. The van der Waals surface area contributed by atoms with Crippen molar-refractivity contribution in [2.45, 2.75) is 32.0 Å². The fraction of sp³-hybridized carbons (Fsp3) is 0.385. The van der Waals surface area contributed by atoms with Gasteiger partial charge in [0.2, 0.25) is 0 Å². The lowest BCUT2D eigenvalue weighted by Crippen LogP contribution is -2.20. The molecule has 3 heterocycles. The van der Waals surface area contributed by atoms with Gasteiger partial charge < -0.3 is 9.72 Å². The molecule has 0 amide bonds. The number of rotatable bonds is 2. The Morgan fingerprint density at radius 3 is 3.18 bits per heavy atom. The van der Waals surface area contributed by atoms with Crippen LogP contribution in [0.5, 0.6) is 0 Å². The molecule has 1 N–H and O–H groups in total. The summed E-state index contributed by atoms with van der Waals surface area (Å²) < 4.78 is 5.61. The number of H-pyrrole nitrogens is 1. The van der Waals surface area contributed by atoms with Crippen LogP contribution in [0, 0.1) is 0 Å². The molecule has 3 rings (SSSR count). The van der Waals surface area contributed by atoms with E-state index < -0.39 is 0 Å². The second kappa shape index (κ2) is 3.96. The van der Waals surface area contributed by atoms with Gasteiger partial charge in [0, 0.05) is 23.3 Å². The van der Waals surface area contributed by atoms with Crippen molar-refractivity contribution in [3.8, 4) is 0 Å². The van der Waals surface area contributed by atoms with Crippen molar-refractivity contribution in [2.75, 3.05) is 0 Å². The van der Waals surface area contributed by atoms with E-state index >= 15 is 0 Å². The van der Waals surface area contributed by atoms with Crippen LogP contribution in [0.2, 0.25) is 0 Å². The Morgan fingerprint density at radius 1 is 1.53 bits per heavy atom. The number of hydrogen-bond acceptors (Lipinski definition) is 3. The molecule has 88 valence electrons. The second-order valence-electron chi connectivity index (χ2n) is 4.48. The van der Waals surface area contributed by atoms with Crippen molar-refractivity contribution in [1.82, 2.24) is 9.97 Å². The summed E-state index contributed by atoms with van der Waals surface area (Å²) in [5.74, 6) is 0.0635. The topological polar surface area (TPSA) is 55.0 Å². The van der Waals surface area contributed by atoms with Crippen LogP contribution in [0.15, 0.2) is 24.5 Å². The molecule has 1 fully saturated rings. The molecular formula is C13H14N2O2. The van der Waals surface area contributed by atoms with Gasteiger partial charge in [0.25, 0.3) is 0 Å². The van der Waals surface area contributed by atoms with Crippen LogP contribution in [0.25, 0.3) is 11.0 Å². The number of nitrogens with zero attached hydrogens (tertiary/aromatic N) is 1. The molecule has 0 bridgehead atoms. The van der Waals surface area contributed by atoms with Gasteiger partial charge in [-0.15, -0.1) is 0 Å². The SMILES string of the molecule is CC1CCC(C(=O)c2c[nH]c3ncccc23)O1. The Morgan fingerprint density at radius 2 is 2.41 bits per heavy atom. The van der Waals surface area contributed by atoms with Crippen LogP contribution in [0.4, 0.5) is 0 Å².